The second-order valence-corrected chi connectivity index (χ2v) is 5.26. The number of nitrogens with two attached hydrogens (primary N) is 1. The molecule has 2 rings (SSSR count). The van der Waals surface area contributed by atoms with Gasteiger partial charge < -0.3 is 5.73 Å². The summed E-state index contributed by atoms with van der Waals surface area (Å²) in [6, 6.07) is 6.10. The Morgan fingerprint density at radius 1 is 1.28 bits per heavy atom. The second-order valence-electron chi connectivity index (χ2n) is 5.26. The SMILES string of the molecule is CC1CCCCCN1Cc1cccc(CN)c1F. The van der Waals surface area contributed by atoms with Crippen molar-refractivity contribution >= 4 is 0 Å². The summed E-state index contributed by atoms with van der Waals surface area (Å²) in [4.78, 5) is 2.39. The highest BCUT2D eigenvalue weighted by Gasteiger charge is 2.18. The number of benzene rings is 1. The molecule has 0 radical (unpaired) electrons. The molecule has 1 aliphatic heterocycles. The number of nitrogens with zero attached hydrogens (tertiary/aromatic N) is 1. The smallest absolute Gasteiger partial charge is 0.132 e. The highest BCUT2D eigenvalue weighted by molar-refractivity contribution is 5.26. The topological polar surface area (TPSA) is 29.3 Å². The van der Waals surface area contributed by atoms with Crippen LogP contribution in [-0.4, -0.2) is 17.5 Å². The van der Waals surface area contributed by atoms with Crippen LogP contribution in [0.1, 0.15) is 43.7 Å². The number of hydrogen-bond acceptors (Lipinski definition) is 2. The van der Waals surface area contributed by atoms with Gasteiger partial charge in [-0.15, -0.1) is 0 Å². The second kappa shape index (κ2) is 6.30. The van der Waals surface area contributed by atoms with Crippen molar-refractivity contribution in [2.45, 2.75) is 51.7 Å². The Morgan fingerprint density at radius 3 is 2.83 bits per heavy atom. The Hall–Kier alpha value is -0.930. The van der Waals surface area contributed by atoms with E-state index in [2.05, 4.69) is 11.8 Å². The molecular formula is C15H23FN2. The van der Waals surface area contributed by atoms with Gasteiger partial charge in [-0.1, -0.05) is 31.0 Å². The van der Waals surface area contributed by atoms with Gasteiger partial charge in [-0.25, -0.2) is 4.39 Å². The number of halogens is 1. The number of rotatable bonds is 3. The molecule has 0 spiro atoms. The molecule has 1 aliphatic rings. The van der Waals surface area contributed by atoms with Crippen LogP contribution in [0.2, 0.25) is 0 Å². The van der Waals surface area contributed by atoms with E-state index in [1.807, 2.05) is 12.1 Å². The average Bonchev–Trinajstić information content (AvgIpc) is 2.57. The summed E-state index contributed by atoms with van der Waals surface area (Å²) >= 11 is 0. The monoisotopic (exact) mass is 250 g/mol. The first-order valence-electron chi connectivity index (χ1n) is 6.92. The molecule has 3 heteroatoms. The van der Waals surface area contributed by atoms with Gasteiger partial charge in [-0.05, 0) is 26.3 Å². The predicted molar refractivity (Wildman–Crippen MR) is 72.6 cm³/mol. The number of hydrogen-bond donors (Lipinski definition) is 1. The third-order valence-electron chi connectivity index (χ3n) is 3.94. The minimum Gasteiger partial charge on any atom is -0.326 e. The molecule has 0 aromatic heterocycles. The first kappa shape index (κ1) is 13.5. The van der Waals surface area contributed by atoms with Crippen LogP contribution >= 0.6 is 0 Å². The molecule has 18 heavy (non-hydrogen) atoms. The molecule has 100 valence electrons. The van der Waals surface area contributed by atoms with Gasteiger partial charge in [0.25, 0.3) is 0 Å². The Morgan fingerprint density at radius 2 is 2.06 bits per heavy atom. The zero-order chi connectivity index (χ0) is 13.0. The molecule has 0 aliphatic carbocycles. The van der Waals surface area contributed by atoms with Crippen molar-refractivity contribution in [1.29, 1.82) is 0 Å². The zero-order valence-corrected chi connectivity index (χ0v) is 11.2. The Bertz CT molecular complexity index is 392. The quantitative estimate of drug-likeness (QED) is 0.893. The summed E-state index contributed by atoms with van der Waals surface area (Å²) in [5, 5.41) is 0. The van der Waals surface area contributed by atoms with E-state index in [-0.39, 0.29) is 12.4 Å². The summed E-state index contributed by atoms with van der Waals surface area (Å²) in [6.45, 7) is 4.31. The van der Waals surface area contributed by atoms with Gasteiger partial charge in [0.1, 0.15) is 5.82 Å². The van der Waals surface area contributed by atoms with Crippen molar-refractivity contribution in [3.8, 4) is 0 Å². The third-order valence-corrected chi connectivity index (χ3v) is 3.94. The minimum atomic E-state index is -0.114. The maximum absolute atomic E-state index is 14.1. The fourth-order valence-electron chi connectivity index (χ4n) is 2.70. The molecule has 1 fully saturated rings. The van der Waals surface area contributed by atoms with Crippen LogP contribution < -0.4 is 5.73 Å². The standard InChI is InChI=1S/C15H23FN2/c1-12-6-3-2-4-9-18(12)11-14-8-5-7-13(10-17)15(14)16/h5,7-8,12H,2-4,6,9-11,17H2,1H3. The molecule has 2 nitrogen and oxygen atoms in total. The summed E-state index contributed by atoms with van der Waals surface area (Å²) in [7, 11) is 0. The molecule has 2 N–H and O–H groups in total. The van der Waals surface area contributed by atoms with Gasteiger partial charge in [-0.3, -0.25) is 4.90 Å². The Balaban J connectivity index is 2.12. The van der Waals surface area contributed by atoms with Gasteiger partial charge in [0, 0.05) is 30.3 Å². The molecule has 1 atom stereocenters. The van der Waals surface area contributed by atoms with Gasteiger partial charge in [0.2, 0.25) is 0 Å². The van der Waals surface area contributed by atoms with Crippen LogP contribution in [0.5, 0.6) is 0 Å². The molecular weight excluding hydrogens is 227 g/mol. The van der Waals surface area contributed by atoms with Crippen LogP contribution in [0.25, 0.3) is 0 Å². The van der Waals surface area contributed by atoms with Crippen molar-refractivity contribution in [3.63, 3.8) is 0 Å². The average molecular weight is 250 g/mol. The molecule has 1 heterocycles. The lowest BCUT2D eigenvalue weighted by atomic mass is 10.1. The van der Waals surface area contributed by atoms with E-state index in [1.165, 1.54) is 25.7 Å². The Labute approximate surface area is 109 Å². The zero-order valence-electron chi connectivity index (χ0n) is 11.2. The number of likely N-dealkylation sites (tertiary alicyclic amines) is 1. The van der Waals surface area contributed by atoms with Gasteiger partial charge >= 0.3 is 0 Å². The van der Waals surface area contributed by atoms with Crippen molar-refractivity contribution < 1.29 is 4.39 Å². The van der Waals surface area contributed by atoms with E-state index in [0.717, 1.165) is 12.1 Å². The fraction of sp³-hybridized carbons (Fsp3) is 0.600. The largest absolute Gasteiger partial charge is 0.326 e. The van der Waals surface area contributed by atoms with E-state index in [0.29, 0.717) is 18.2 Å². The summed E-state index contributed by atoms with van der Waals surface area (Å²) in [6.07, 6.45) is 5.04. The maximum Gasteiger partial charge on any atom is 0.132 e. The minimum absolute atomic E-state index is 0.114. The molecule has 0 saturated carbocycles. The van der Waals surface area contributed by atoms with Crippen LogP contribution in [0.4, 0.5) is 4.39 Å². The normalized spacial score (nSPS) is 21.8. The van der Waals surface area contributed by atoms with E-state index in [9.17, 15) is 4.39 Å². The summed E-state index contributed by atoms with van der Waals surface area (Å²) in [5.41, 5.74) is 6.96. The molecule has 1 aromatic rings. The van der Waals surface area contributed by atoms with Crippen LogP contribution in [-0.2, 0) is 13.1 Å². The van der Waals surface area contributed by atoms with Gasteiger partial charge in [0.15, 0.2) is 0 Å². The van der Waals surface area contributed by atoms with E-state index in [4.69, 9.17) is 5.73 Å². The molecule has 0 amide bonds. The van der Waals surface area contributed by atoms with Crippen molar-refractivity contribution in [1.82, 2.24) is 4.90 Å². The van der Waals surface area contributed by atoms with E-state index in [1.54, 1.807) is 6.07 Å². The highest BCUT2D eigenvalue weighted by atomic mass is 19.1. The molecule has 1 saturated heterocycles. The first-order valence-corrected chi connectivity index (χ1v) is 6.92. The lowest BCUT2D eigenvalue weighted by Crippen LogP contribution is -2.32. The molecule has 1 aromatic carbocycles. The molecule has 0 bridgehead atoms. The first-order chi connectivity index (χ1) is 8.72. The van der Waals surface area contributed by atoms with Crippen LogP contribution in [0, 0.1) is 5.82 Å². The van der Waals surface area contributed by atoms with E-state index < -0.39 is 0 Å². The lowest BCUT2D eigenvalue weighted by Gasteiger charge is -2.27. The molecule has 1 unspecified atom stereocenters. The third kappa shape index (κ3) is 3.09. The van der Waals surface area contributed by atoms with Gasteiger partial charge in [0.05, 0.1) is 0 Å². The van der Waals surface area contributed by atoms with E-state index >= 15 is 0 Å². The summed E-state index contributed by atoms with van der Waals surface area (Å²) < 4.78 is 14.1. The van der Waals surface area contributed by atoms with Crippen LogP contribution in [0.15, 0.2) is 18.2 Å². The van der Waals surface area contributed by atoms with Gasteiger partial charge in [-0.2, -0.15) is 0 Å². The highest BCUT2D eigenvalue weighted by Crippen LogP contribution is 2.21. The van der Waals surface area contributed by atoms with Crippen LogP contribution in [0.3, 0.4) is 0 Å². The lowest BCUT2D eigenvalue weighted by molar-refractivity contribution is 0.202. The predicted octanol–water partition coefficient (Wildman–Crippen LogP) is 3.05. The summed E-state index contributed by atoms with van der Waals surface area (Å²) in [5.74, 6) is -0.114. The Kier molecular flexibility index (Phi) is 4.72. The van der Waals surface area contributed by atoms with Crippen molar-refractivity contribution in [2.24, 2.45) is 5.73 Å². The maximum atomic E-state index is 14.1. The fourth-order valence-corrected chi connectivity index (χ4v) is 2.70. The van der Waals surface area contributed by atoms with Crippen molar-refractivity contribution in [2.75, 3.05) is 6.54 Å². The van der Waals surface area contributed by atoms with Crippen molar-refractivity contribution in [3.05, 3.63) is 35.1 Å².